The van der Waals surface area contributed by atoms with Crippen LogP contribution in [0.3, 0.4) is 0 Å². The molecule has 1 aromatic heterocycles. The van der Waals surface area contributed by atoms with Gasteiger partial charge < -0.3 is 10.1 Å². The Hall–Kier alpha value is -3.41. The van der Waals surface area contributed by atoms with Gasteiger partial charge in [0, 0.05) is 0 Å². The Labute approximate surface area is 170 Å². The van der Waals surface area contributed by atoms with E-state index in [0.29, 0.717) is 16.9 Å². The van der Waals surface area contributed by atoms with Gasteiger partial charge in [-0.25, -0.2) is 9.48 Å². The Kier molecular flexibility index (Phi) is 5.82. The third-order valence-corrected chi connectivity index (χ3v) is 4.77. The van der Waals surface area contributed by atoms with Crippen molar-refractivity contribution < 1.29 is 14.3 Å². The summed E-state index contributed by atoms with van der Waals surface area (Å²) in [7, 11) is 0. The van der Waals surface area contributed by atoms with E-state index in [9.17, 15) is 9.59 Å². The molecule has 0 saturated heterocycles. The van der Waals surface area contributed by atoms with Crippen LogP contribution < -0.4 is 5.32 Å². The number of carbonyl (C=O) groups is 2. The van der Waals surface area contributed by atoms with Gasteiger partial charge in [-0.2, -0.15) is 5.10 Å². The molecule has 2 aromatic carbocycles. The number of nitrogens with zero attached hydrogens (tertiary/aromatic N) is 2. The summed E-state index contributed by atoms with van der Waals surface area (Å²) in [5.74, 6) is -0.900. The van der Waals surface area contributed by atoms with Gasteiger partial charge in [0.15, 0.2) is 6.61 Å². The fourth-order valence-electron chi connectivity index (χ4n) is 3.52. The second-order valence-corrected chi connectivity index (χ2v) is 7.19. The lowest BCUT2D eigenvalue weighted by atomic mass is 10.00. The lowest BCUT2D eigenvalue weighted by molar-refractivity contribution is -0.119. The quantitative estimate of drug-likeness (QED) is 0.661. The summed E-state index contributed by atoms with van der Waals surface area (Å²) in [5.41, 5.74) is 6.29. The number of anilines is 1. The zero-order valence-electron chi connectivity index (χ0n) is 17.4. The number of benzene rings is 2. The highest BCUT2D eigenvalue weighted by Gasteiger charge is 2.18. The molecule has 1 amide bonds. The Morgan fingerprint density at radius 2 is 1.62 bits per heavy atom. The van der Waals surface area contributed by atoms with Crippen molar-refractivity contribution in [2.75, 3.05) is 11.9 Å². The van der Waals surface area contributed by atoms with Gasteiger partial charge in [-0.3, -0.25) is 4.79 Å². The van der Waals surface area contributed by atoms with Crippen LogP contribution in [0.15, 0.2) is 42.5 Å². The maximum Gasteiger partial charge on any atom is 0.339 e. The van der Waals surface area contributed by atoms with Gasteiger partial charge in [0.05, 0.1) is 28.3 Å². The first-order chi connectivity index (χ1) is 13.8. The fourth-order valence-corrected chi connectivity index (χ4v) is 3.52. The first-order valence-electron chi connectivity index (χ1n) is 9.44. The number of aryl methyl sites for hydroxylation is 4. The summed E-state index contributed by atoms with van der Waals surface area (Å²) in [4.78, 5) is 24.9. The van der Waals surface area contributed by atoms with Crippen molar-refractivity contribution >= 4 is 17.6 Å². The van der Waals surface area contributed by atoms with Crippen molar-refractivity contribution in [2.45, 2.75) is 34.6 Å². The SMILES string of the molecule is Cc1cc(C)c(C(=O)OCC(=O)Nc2c(C)nn(-c3ccccc3)c2C)c(C)c1. The third-order valence-electron chi connectivity index (χ3n) is 4.77. The summed E-state index contributed by atoms with van der Waals surface area (Å²) >= 11 is 0. The molecule has 0 saturated carbocycles. The summed E-state index contributed by atoms with van der Waals surface area (Å²) in [6.07, 6.45) is 0. The van der Waals surface area contributed by atoms with E-state index in [1.807, 2.05) is 77.1 Å². The Morgan fingerprint density at radius 3 is 2.24 bits per heavy atom. The summed E-state index contributed by atoms with van der Waals surface area (Å²) in [6, 6.07) is 13.5. The van der Waals surface area contributed by atoms with Crippen molar-refractivity contribution in [3.63, 3.8) is 0 Å². The summed E-state index contributed by atoms with van der Waals surface area (Å²) in [5, 5.41) is 7.32. The second kappa shape index (κ2) is 8.31. The highest BCUT2D eigenvalue weighted by atomic mass is 16.5. The van der Waals surface area contributed by atoms with E-state index in [2.05, 4.69) is 10.4 Å². The average Bonchev–Trinajstić information content (AvgIpc) is 2.94. The van der Waals surface area contributed by atoms with E-state index in [0.717, 1.165) is 28.1 Å². The summed E-state index contributed by atoms with van der Waals surface area (Å²) in [6.45, 7) is 9.05. The molecule has 0 unspecified atom stereocenters. The number of esters is 1. The molecule has 29 heavy (non-hydrogen) atoms. The Bertz CT molecular complexity index is 1050. The predicted molar refractivity (Wildman–Crippen MR) is 113 cm³/mol. The molecule has 0 atom stereocenters. The largest absolute Gasteiger partial charge is 0.452 e. The van der Waals surface area contributed by atoms with Gasteiger partial charge in [-0.15, -0.1) is 0 Å². The van der Waals surface area contributed by atoms with Crippen LogP contribution in [0.5, 0.6) is 0 Å². The average molecular weight is 391 g/mol. The van der Waals surface area contributed by atoms with Crippen molar-refractivity contribution in [2.24, 2.45) is 0 Å². The molecule has 0 aliphatic rings. The predicted octanol–water partition coefficient (Wildman–Crippen LogP) is 4.21. The van der Waals surface area contributed by atoms with E-state index in [1.54, 1.807) is 4.68 Å². The Morgan fingerprint density at radius 1 is 1.00 bits per heavy atom. The molecule has 0 fully saturated rings. The van der Waals surface area contributed by atoms with Crippen LogP contribution in [0.1, 0.15) is 38.4 Å². The number of hydrogen-bond acceptors (Lipinski definition) is 4. The number of para-hydroxylation sites is 1. The van der Waals surface area contributed by atoms with Crippen molar-refractivity contribution in [3.8, 4) is 5.69 Å². The van der Waals surface area contributed by atoms with Crippen LogP contribution in [0, 0.1) is 34.6 Å². The van der Waals surface area contributed by atoms with E-state index in [4.69, 9.17) is 4.74 Å². The molecule has 6 heteroatoms. The van der Waals surface area contributed by atoms with Gasteiger partial charge >= 0.3 is 5.97 Å². The summed E-state index contributed by atoms with van der Waals surface area (Å²) < 4.78 is 7.03. The first kappa shape index (κ1) is 20.3. The molecule has 150 valence electrons. The number of aromatic nitrogens is 2. The minimum Gasteiger partial charge on any atom is -0.452 e. The lowest BCUT2D eigenvalue weighted by Crippen LogP contribution is -2.22. The van der Waals surface area contributed by atoms with E-state index in [1.165, 1.54) is 0 Å². The highest BCUT2D eigenvalue weighted by Crippen LogP contribution is 2.23. The van der Waals surface area contributed by atoms with E-state index >= 15 is 0 Å². The molecule has 0 aliphatic heterocycles. The van der Waals surface area contributed by atoms with Gasteiger partial charge in [0.25, 0.3) is 5.91 Å². The number of nitrogens with one attached hydrogen (secondary N) is 1. The first-order valence-corrected chi connectivity index (χ1v) is 9.44. The number of rotatable bonds is 5. The third kappa shape index (κ3) is 4.37. The number of hydrogen-bond donors (Lipinski definition) is 1. The van der Waals surface area contributed by atoms with Crippen LogP contribution >= 0.6 is 0 Å². The number of carbonyl (C=O) groups excluding carboxylic acids is 2. The minimum absolute atomic E-state index is 0.360. The van der Waals surface area contributed by atoms with Crippen LogP contribution in [0.25, 0.3) is 5.69 Å². The lowest BCUT2D eigenvalue weighted by Gasteiger charge is -2.11. The Balaban J connectivity index is 1.69. The molecule has 3 aromatic rings. The minimum atomic E-state index is -0.497. The molecule has 1 N–H and O–H groups in total. The van der Waals surface area contributed by atoms with Gasteiger partial charge in [-0.05, 0) is 57.9 Å². The van der Waals surface area contributed by atoms with Crippen LogP contribution in [0.4, 0.5) is 5.69 Å². The zero-order chi connectivity index (χ0) is 21.1. The second-order valence-electron chi connectivity index (χ2n) is 7.19. The van der Waals surface area contributed by atoms with Crippen LogP contribution in [0.2, 0.25) is 0 Å². The highest BCUT2D eigenvalue weighted by molar-refractivity contribution is 5.97. The normalized spacial score (nSPS) is 10.7. The maximum atomic E-state index is 12.5. The molecular weight excluding hydrogens is 366 g/mol. The van der Waals surface area contributed by atoms with Gasteiger partial charge in [0.1, 0.15) is 0 Å². The zero-order valence-corrected chi connectivity index (χ0v) is 17.4. The standard InChI is InChI=1S/C23H25N3O3/c1-14-11-15(2)21(16(3)12-14)23(28)29-13-20(27)24-22-17(4)25-26(18(22)5)19-9-7-6-8-10-19/h6-12H,13H2,1-5H3,(H,24,27). The molecular formula is C23H25N3O3. The fraction of sp³-hybridized carbons (Fsp3) is 0.261. The van der Waals surface area contributed by atoms with Crippen molar-refractivity contribution in [1.82, 2.24) is 9.78 Å². The van der Waals surface area contributed by atoms with E-state index < -0.39 is 11.9 Å². The number of amides is 1. The van der Waals surface area contributed by atoms with Crippen molar-refractivity contribution in [3.05, 3.63) is 76.1 Å². The molecule has 0 radical (unpaired) electrons. The van der Waals surface area contributed by atoms with Crippen LogP contribution in [-0.2, 0) is 9.53 Å². The molecule has 1 heterocycles. The molecule has 0 aliphatic carbocycles. The molecule has 0 spiro atoms. The molecule has 0 bridgehead atoms. The van der Waals surface area contributed by atoms with Gasteiger partial charge in [-0.1, -0.05) is 35.9 Å². The van der Waals surface area contributed by atoms with E-state index in [-0.39, 0.29) is 6.61 Å². The smallest absolute Gasteiger partial charge is 0.339 e. The molecule has 6 nitrogen and oxygen atoms in total. The topological polar surface area (TPSA) is 73.2 Å². The molecule has 3 rings (SSSR count). The maximum absolute atomic E-state index is 12.5. The van der Waals surface area contributed by atoms with Gasteiger partial charge in [0.2, 0.25) is 0 Å². The number of ether oxygens (including phenoxy) is 1. The monoisotopic (exact) mass is 391 g/mol. The van der Waals surface area contributed by atoms with Crippen molar-refractivity contribution in [1.29, 1.82) is 0 Å². The van der Waals surface area contributed by atoms with Crippen LogP contribution in [-0.4, -0.2) is 28.3 Å².